The molecule has 2 heterocycles. The fraction of sp³-hybridized carbons (Fsp3) is 0.633. The Balaban J connectivity index is 1.90. The maximum Gasteiger partial charge on any atom is 0.416 e. The van der Waals surface area contributed by atoms with E-state index < -0.39 is 48.2 Å². The number of methoxy groups -OCH3 is 1. The second-order valence-electron chi connectivity index (χ2n) is 12.4. The molecule has 4 rings (SSSR count). The predicted octanol–water partition coefficient (Wildman–Crippen LogP) is 5.11. The van der Waals surface area contributed by atoms with Crippen molar-refractivity contribution in [2.45, 2.75) is 88.9 Å². The molecule has 0 aromatic heterocycles. The van der Waals surface area contributed by atoms with Crippen molar-refractivity contribution in [2.24, 2.45) is 11.8 Å². The Kier molecular flexibility index (Phi) is 9.30. The monoisotopic (exact) mass is 620 g/mol. The third-order valence-corrected chi connectivity index (χ3v) is 17.2. The van der Waals surface area contributed by atoms with Crippen LogP contribution in [0.25, 0.3) is 0 Å². The number of nitrogens with zero attached hydrogens (tertiary/aromatic N) is 2. The summed E-state index contributed by atoms with van der Waals surface area (Å²) >= 11 is 0. The minimum Gasteiger partial charge on any atom is -0.546 e. The molecule has 0 N–H and O–H groups in total. The first-order chi connectivity index (χ1) is 19.7. The first-order valence-corrected chi connectivity index (χ1v) is 18.3. The van der Waals surface area contributed by atoms with Crippen LogP contribution in [-0.2, 0) is 28.8 Å². The summed E-state index contributed by atoms with van der Waals surface area (Å²) in [4.78, 5) is 40.9. The van der Waals surface area contributed by atoms with E-state index >= 15 is 0 Å². The molecular formula is C30H44N2O8SSi. The summed E-state index contributed by atoms with van der Waals surface area (Å²) in [6, 6.07) is 5.13. The molecule has 0 bridgehead atoms. The molecule has 2 aliphatic heterocycles. The highest BCUT2D eigenvalue weighted by Crippen LogP contribution is 2.50. The summed E-state index contributed by atoms with van der Waals surface area (Å²) in [7, 11) is -5.09. The molecule has 1 aromatic rings. The summed E-state index contributed by atoms with van der Waals surface area (Å²) in [5.41, 5.74) is 1.48. The van der Waals surface area contributed by atoms with Gasteiger partial charge in [-0.3, -0.25) is 9.59 Å². The average Bonchev–Trinajstić information content (AvgIpc) is 3.57. The molecule has 0 unspecified atom stereocenters. The number of allylic oxidation sites excluding steroid dienone is 1. The first-order valence-electron chi connectivity index (χ1n) is 14.7. The van der Waals surface area contributed by atoms with Crippen LogP contribution in [0.5, 0.6) is 5.75 Å². The van der Waals surface area contributed by atoms with Crippen molar-refractivity contribution in [3.8, 4) is 5.75 Å². The quantitative estimate of drug-likeness (QED) is 0.331. The number of carbonyl (C=O) groups is 3. The molecular weight excluding hydrogens is 576 g/mol. The van der Waals surface area contributed by atoms with E-state index in [1.165, 1.54) is 30.5 Å². The fourth-order valence-electron chi connectivity index (χ4n) is 7.37. The second-order valence-corrected chi connectivity index (χ2v) is 19.7. The summed E-state index contributed by atoms with van der Waals surface area (Å²) in [5, 5.41) is 0. The number of benzene rings is 1. The zero-order valence-electron chi connectivity index (χ0n) is 25.9. The number of ether oxygens (including phenoxy) is 2. The standard InChI is InChI=1S/C30H44N2O8SSi/c1-18(2)42(19(3)4,20(5)6)40-26-17-25(21(7)33)27(29(34)31-15-16-39-30(31)35)28-24(26)13-14-32(28)41(36,37)23-11-9-22(38-8)10-12-23/h9-12,18-20,25,27-28H,13-17H2,1-8H3/t25-,27-,28-/m1/s1. The normalized spacial score (nSPS) is 23.5. The molecule has 3 aliphatic rings. The number of Topliss-reactive ketones (excluding diaryl/α,β-unsaturated/α-hetero) is 1. The summed E-state index contributed by atoms with van der Waals surface area (Å²) < 4.78 is 47.0. The molecule has 232 valence electrons. The van der Waals surface area contributed by atoms with E-state index in [1.54, 1.807) is 12.1 Å². The Morgan fingerprint density at radius 1 is 1.00 bits per heavy atom. The van der Waals surface area contributed by atoms with E-state index in [1.807, 2.05) is 0 Å². The summed E-state index contributed by atoms with van der Waals surface area (Å²) in [5.74, 6) is -1.63. The molecule has 2 fully saturated rings. The number of rotatable bonds is 10. The van der Waals surface area contributed by atoms with Crippen LogP contribution in [0.1, 0.15) is 61.3 Å². The van der Waals surface area contributed by atoms with E-state index in [4.69, 9.17) is 13.9 Å². The van der Waals surface area contributed by atoms with Gasteiger partial charge in [-0.05, 0) is 59.8 Å². The van der Waals surface area contributed by atoms with Crippen molar-refractivity contribution in [1.82, 2.24) is 9.21 Å². The lowest BCUT2D eigenvalue weighted by Gasteiger charge is -2.46. The van der Waals surface area contributed by atoms with E-state index in [-0.39, 0.29) is 53.4 Å². The van der Waals surface area contributed by atoms with Crippen LogP contribution < -0.4 is 4.74 Å². The lowest BCUT2D eigenvalue weighted by molar-refractivity contribution is -0.140. The molecule has 12 heteroatoms. The van der Waals surface area contributed by atoms with E-state index in [2.05, 4.69) is 41.5 Å². The van der Waals surface area contributed by atoms with Gasteiger partial charge < -0.3 is 13.9 Å². The molecule has 0 saturated carbocycles. The lowest BCUT2D eigenvalue weighted by atomic mass is 9.73. The first kappa shape index (κ1) is 32.2. The second kappa shape index (κ2) is 12.1. The number of fused-ring (bicyclic) bond motifs is 1. The number of cyclic esters (lactones) is 1. The van der Waals surface area contributed by atoms with Gasteiger partial charge in [0.2, 0.25) is 15.9 Å². The van der Waals surface area contributed by atoms with Crippen LogP contribution >= 0.6 is 0 Å². The number of ketones is 1. The molecule has 42 heavy (non-hydrogen) atoms. The van der Waals surface area contributed by atoms with Crippen LogP contribution in [0.2, 0.25) is 16.6 Å². The van der Waals surface area contributed by atoms with Crippen LogP contribution in [0.3, 0.4) is 0 Å². The molecule has 1 aliphatic carbocycles. The number of imide groups is 1. The van der Waals surface area contributed by atoms with Crippen molar-refractivity contribution >= 4 is 36.1 Å². The largest absolute Gasteiger partial charge is 0.546 e. The van der Waals surface area contributed by atoms with Gasteiger partial charge in [0.1, 0.15) is 18.1 Å². The smallest absolute Gasteiger partial charge is 0.416 e. The van der Waals surface area contributed by atoms with Crippen molar-refractivity contribution < 1.29 is 36.7 Å². The van der Waals surface area contributed by atoms with E-state index in [9.17, 15) is 22.8 Å². The van der Waals surface area contributed by atoms with Crippen molar-refractivity contribution in [3.05, 3.63) is 35.6 Å². The SMILES string of the molecule is COc1ccc(S(=O)(=O)N2CCC3=C(O[Si](C(C)C)(C(C)C)C(C)C)C[C@H](C(C)=O)[C@@H](C(=O)N4CCOC4=O)[C@@H]32)cc1. The zero-order valence-corrected chi connectivity index (χ0v) is 27.7. The van der Waals surface area contributed by atoms with Crippen molar-refractivity contribution in [3.63, 3.8) is 0 Å². The molecule has 10 nitrogen and oxygen atoms in total. The number of hydrogen-bond acceptors (Lipinski definition) is 8. The molecule has 2 saturated heterocycles. The lowest BCUT2D eigenvalue weighted by Crippen LogP contribution is -2.55. The number of carbonyl (C=O) groups excluding carboxylic acids is 3. The third kappa shape index (κ3) is 5.41. The van der Waals surface area contributed by atoms with Gasteiger partial charge in [-0.2, -0.15) is 4.31 Å². The molecule has 0 radical (unpaired) electrons. The number of sulfonamides is 1. The zero-order chi connectivity index (χ0) is 31.1. The molecule has 2 amide bonds. The average molecular weight is 621 g/mol. The van der Waals surface area contributed by atoms with Gasteiger partial charge in [0.05, 0.1) is 36.3 Å². The van der Waals surface area contributed by atoms with E-state index in [0.29, 0.717) is 17.9 Å². The van der Waals surface area contributed by atoms with Crippen molar-refractivity contribution in [2.75, 3.05) is 26.8 Å². The van der Waals surface area contributed by atoms with Gasteiger partial charge in [0, 0.05) is 18.9 Å². The molecule has 3 atom stereocenters. The highest BCUT2D eigenvalue weighted by molar-refractivity contribution is 7.89. The summed E-state index contributed by atoms with van der Waals surface area (Å²) in [6.45, 7) is 14.7. The minimum atomic E-state index is -4.10. The Morgan fingerprint density at radius 3 is 2.07 bits per heavy atom. The highest BCUT2D eigenvalue weighted by Gasteiger charge is 2.57. The van der Waals surface area contributed by atoms with Crippen LogP contribution in [0, 0.1) is 11.8 Å². The molecule has 1 aromatic carbocycles. The maximum atomic E-state index is 14.2. The predicted molar refractivity (Wildman–Crippen MR) is 160 cm³/mol. The Morgan fingerprint density at radius 2 is 1.60 bits per heavy atom. The van der Waals surface area contributed by atoms with Crippen molar-refractivity contribution in [1.29, 1.82) is 0 Å². The Labute approximate surface area is 250 Å². The number of amides is 2. The van der Waals surface area contributed by atoms with Crippen LogP contribution in [-0.4, -0.2) is 76.6 Å². The third-order valence-electron chi connectivity index (χ3n) is 9.31. The van der Waals surface area contributed by atoms with Gasteiger partial charge in [0.25, 0.3) is 8.32 Å². The maximum absolute atomic E-state index is 14.2. The summed E-state index contributed by atoms with van der Waals surface area (Å²) in [6.07, 6.45) is -0.214. The highest BCUT2D eigenvalue weighted by atomic mass is 32.2. The van der Waals surface area contributed by atoms with E-state index in [0.717, 1.165) is 10.5 Å². The molecule has 0 spiro atoms. The topological polar surface area (TPSA) is 120 Å². The van der Waals surface area contributed by atoms with Gasteiger partial charge >= 0.3 is 6.09 Å². The van der Waals surface area contributed by atoms with Gasteiger partial charge in [-0.25, -0.2) is 18.1 Å². The number of hydrogen-bond donors (Lipinski definition) is 0. The van der Waals surface area contributed by atoms with Gasteiger partial charge in [-0.15, -0.1) is 0 Å². The fourth-order valence-corrected chi connectivity index (χ4v) is 14.4. The minimum absolute atomic E-state index is 0.0546. The van der Waals surface area contributed by atoms with Gasteiger partial charge in [0.15, 0.2) is 0 Å². The Bertz CT molecular complexity index is 1330. The van der Waals surface area contributed by atoms with Crippen LogP contribution in [0.15, 0.2) is 40.5 Å². The van der Waals surface area contributed by atoms with Gasteiger partial charge in [-0.1, -0.05) is 41.5 Å². The van der Waals surface area contributed by atoms with Crippen LogP contribution in [0.4, 0.5) is 4.79 Å². The Hall–Kier alpha value is -2.70.